The number of carbonyl (C=O) groups is 1. The average Bonchev–Trinajstić information content (AvgIpc) is 3.31. The number of nitrogens with one attached hydrogen (secondary N) is 2. The molecule has 1 atom stereocenters. The lowest BCUT2D eigenvalue weighted by atomic mass is 10.1. The third-order valence-corrected chi connectivity index (χ3v) is 4.81. The van der Waals surface area contributed by atoms with Crippen LogP contribution >= 0.6 is 0 Å². The lowest BCUT2D eigenvalue weighted by molar-refractivity contribution is -0.192. The monoisotopic (exact) mass is 433 g/mol. The van der Waals surface area contributed by atoms with Gasteiger partial charge in [-0.2, -0.15) is 28.0 Å². The predicted octanol–water partition coefficient (Wildman–Crippen LogP) is 4.05. The molecule has 4 rings (SSSR count). The maximum Gasteiger partial charge on any atom is 0.490 e. The molecule has 0 aliphatic heterocycles. The van der Waals surface area contributed by atoms with Gasteiger partial charge in [-0.1, -0.05) is 12.1 Å². The van der Waals surface area contributed by atoms with Gasteiger partial charge in [0.05, 0.1) is 11.7 Å². The molecule has 3 aromatic heterocycles. The number of halogens is 3. The van der Waals surface area contributed by atoms with Gasteiger partial charge in [0.25, 0.3) is 0 Å². The summed E-state index contributed by atoms with van der Waals surface area (Å²) in [7, 11) is 0. The molecular formula is C21H22F3N5O2. The second kappa shape index (κ2) is 9.17. The Bertz CT molecular complexity index is 1180. The topological polar surface area (TPSA) is 95.3 Å². The highest BCUT2D eigenvalue weighted by Gasteiger charge is 2.38. The van der Waals surface area contributed by atoms with Gasteiger partial charge in [0.15, 0.2) is 0 Å². The highest BCUT2D eigenvalue weighted by Crippen LogP contribution is 2.21. The number of carboxylic acids is 1. The lowest BCUT2D eigenvalue weighted by Crippen LogP contribution is -2.21. The Hall–Kier alpha value is -3.40. The molecule has 10 heteroatoms. The standard InChI is InChI=1S/C19H21N5.C2HF3O2/c1-13-5-6-16-15(11-21-18(16)10-13)7-9-20-14(2)17-12-23-24-19(17)4-3-8-22-24;3-2(4,5)1(6)7/h3-6,8,10-12,14,20-21H,7,9H2,1-2H3;(H,6,7). The van der Waals surface area contributed by atoms with Crippen LogP contribution in [0, 0.1) is 6.92 Å². The van der Waals surface area contributed by atoms with Crippen molar-refractivity contribution in [1.82, 2.24) is 25.1 Å². The highest BCUT2D eigenvalue weighted by molar-refractivity contribution is 5.83. The van der Waals surface area contributed by atoms with Crippen molar-refractivity contribution in [3.05, 3.63) is 65.6 Å². The van der Waals surface area contributed by atoms with Crippen molar-refractivity contribution in [3.63, 3.8) is 0 Å². The highest BCUT2D eigenvalue weighted by atomic mass is 19.4. The Balaban J connectivity index is 0.000000339. The number of fused-ring (bicyclic) bond motifs is 2. The summed E-state index contributed by atoms with van der Waals surface area (Å²) in [6.07, 6.45) is 1.68. The van der Waals surface area contributed by atoms with E-state index in [4.69, 9.17) is 9.90 Å². The first kappa shape index (κ1) is 22.3. The van der Waals surface area contributed by atoms with Gasteiger partial charge in [-0.05, 0) is 56.1 Å². The van der Waals surface area contributed by atoms with E-state index in [0.717, 1.165) is 18.5 Å². The fourth-order valence-corrected chi connectivity index (χ4v) is 3.23. The Morgan fingerprint density at radius 2 is 2.03 bits per heavy atom. The molecule has 0 radical (unpaired) electrons. The van der Waals surface area contributed by atoms with E-state index in [0.29, 0.717) is 0 Å². The van der Waals surface area contributed by atoms with Gasteiger partial charge in [0.1, 0.15) is 0 Å². The van der Waals surface area contributed by atoms with E-state index in [1.807, 2.05) is 12.3 Å². The van der Waals surface area contributed by atoms with Crippen LogP contribution in [0.5, 0.6) is 0 Å². The summed E-state index contributed by atoms with van der Waals surface area (Å²) < 4.78 is 33.4. The van der Waals surface area contributed by atoms with Crippen LogP contribution in [0.15, 0.2) is 48.9 Å². The zero-order chi connectivity index (χ0) is 22.6. The molecule has 0 aliphatic rings. The fraction of sp³-hybridized carbons (Fsp3) is 0.286. The summed E-state index contributed by atoms with van der Waals surface area (Å²) >= 11 is 0. The molecule has 3 N–H and O–H groups in total. The minimum Gasteiger partial charge on any atom is -0.475 e. The number of aryl methyl sites for hydroxylation is 1. The summed E-state index contributed by atoms with van der Waals surface area (Å²) in [6, 6.07) is 10.8. The smallest absolute Gasteiger partial charge is 0.475 e. The molecule has 4 aromatic rings. The maximum atomic E-state index is 10.6. The quantitative estimate of drug-likeness (QED) is 0.442. The van der Waals surface area contributed by atoms with Crippen LogP contribution in [-0.4, -0.2) is 43.6 Å². The Morgan fingerprint density at radius 1 is 1.29 bits per heavy atom. The lowest BCUT2D eigenvalue weighted by Gasteiger charge is -2.12. The molecule has 0 spiro atoms. The predicted molar refractivity (Wildman–Crippen MR) is 110 cm³/mol. The van der Waals surface area contributed by atoms with Crippen molar-refractivity contribution in [2.24, 2.45) is 0 Å². The van der Waals surface area contributed by atoms with Gasteiger partial charge in [-0.25, -0.2) is 4.79 Å². The zero-order valence-corrected chi connectivity index (χ0v) is 16.9. The first-order valence-corrected chi connectivity index (χ1v) is 9.56. The summed E-state index contributed by atoms with van der Waals surface area (Å²) in [5.74, 6) is -2.76. The van der Waals surface area contributed by atoms with Gasteiger partial charge in [0.2, 0.25) is 0 Å². The number of benzene rings is 1. The maximum absolute atomic E-state index is 10.6. The summed E-state index contributed by atoms with van der Waals surface area (Å²) in [5, 5.41) is 20.6. The minimum atomic E-state index is -5.08. The number of hydrogen-bond donors (Lipinski definition) is 3. The van der Waals surface area contributed by atoms with Gasteiger partial charge < -0.3 is 15.4 Å². The summed E-state index contributed by atoms with van der Waals surface area (Å²) in [4.78, 5) is 12.3. The van der Waals surface area contributed by atoms with Gasteiger partial charge in [-0.3, -0.25) is 0 Å². The number of alkyl halides is 3. The zero-order valence-electron chi connectivity index (χ0n) is 16.9. The number of H-pyrrole nitrogens is 1. The number of aromatic amines is 1. The molecule has 0 fully saturated rings. The number of rotatable bonds is 5. The third-order valence-electron chi connectivity index (χ3n) is 4.81. The second-order valence-corrected chi connectivity index (χ2v) is 7.09. The van der Waals surface area contributed by atoms with E-state index in [2.05, 4.69) is 64.8 Å². The molecule has 0 saturated carbocycles. The molecule has 7 nitrogen and oxygen atoms in total. The second-order valence-electron chi connectivity index (χ2n) is 7.09. The fourth-order valence-electron chi connectivity index (χ4n) is 3.23. The molecule has 0 amide bonds. The molecule has 0 saturated heterocycles. The van der Waals surface area contributed by atoms with Crippen molar-refractivity contribution in [2.45, 2.75) is 32.5 Å². The Kier molecular flexibility index (Phi) is 6.59. The van der Waals surface area contributed by atoms with E-state index >= 15 is 0 Å². The molecule has 3 heterocycles. The van der Waals surface area contributed by atoms with Crippen LogP contribution in [0.3, 0.4) is 0 Å². The number of aliphatic carboxylic acids is 1. The van der Waals surface area contributed by atoms with E-state index in [-0.39, 0.29) is 6.04 Å². The molecule has 164 valence electrons. The van der Waals surface area contributed by atoms with Gasteiger partial charge in [0, 0.05) is 34.9 Å². The molecule has 1 aromatic carbocycles. The van der Waals surface area contributed by atoms with E-state index in [9.17, 15) is 13.2 Å². The Labute approximate surface area is 175 Å². The largest absolute Gasteiger partial charge is 0.490 e. The normalized spacial score (nSPS) is 12.5. The Morgan fingerprint density at radius 3 is 2.74 bits per heavy atom. The summed E-state index contributed by atoms with van der Waals surface area (Å²) in [6.45, 7) is 5.20. The molecular weight excluding hydrogens is 411 g/mol. The van der Waals surface area contributed by atoms with Crippen LogP contribution in [0.1, 0.15) is 29.7 Å². The first-order chi connectivity index (χ1) is 14.7. The SMILES string of the molecule is Cc1ccc2c(CCNC(C)c3cnn4ncccc34)c[nH]c2c1.O=C(O)C(F)(F)F. The van der Waals surface area contributed by atoms with Crippen LogP contribution in [-0.2, 0) is 11.2 Å². The van der Waals surface area contributed by atoms with Crippen molar-refractivity contribution >= 4 is 22.4 Å². The van der Waals surface area contributed by atoms with E-state index in [1.54, 1.807) is 10.8 Å². The van der Waals surface area contributed by atoms with E-state index in [1.165, 1.54) is 27.6 Å². The van der Waals surface area contributed by atoms with E-state index < -0.39 is 12.1 Å². The van der Waals surface area contributed by atoms with Crippen LogP contribution in [0.4, 0.5) is 13.2 Å². The van der Waals surface area contributed by atoms with Crippen molar-refractivity contribution in [2.75, 3.05) is 6.54 Å². The van der Waals surface area contributed by atoms with Crippen LogP contribution in [0.25, 0.3) is 16.4 Å². The average molecular weight is 433 g/mol. The van der Waals surface area contributed by atoms with Crippen molar-refractivity contribution in [1.29, 1.82) is 0 Å². The molecule has 0 aliphatic carbocycles. The van der Waals surface area contributed by atoms with Gasteiger partial charge in [-0.15, -0.1) is 0 Å². The van der Waals surface area contributed by atoms with Crippen LogP contribution < -0.4 is 5.32 Å². The van der Waals surface area contributed by atoms with Crippen LogP contribution in [0.2, 0.25) is 0 Å². The van der Waals surface area contributed by atoms with Crippen molar-refractivity contribution in [3.8, 4) is 0 Å². The molecule has 1 unspecified atom stereocenters. The molecule has 31 heavy (non-hydrogen) atoms. The minimum absolute atomic E-state index is 0.235. The number of hydrogen-bond acceptors (Lipinski definition) is 4. The third kappa shape index (κ3) is 5.40. The van der Waals surface area contributed by atoms with Gasteiger partial charge >= 0.3 is 12.1 Å². The number of aromatic nitrogens is 4. The number of nitrogens with zero attached hydrogens (tertiary/aromatic N) is 3. The van der Waals surface area contributed by atoms with Crippen molar-refractivity contribution < 1.29 is 23.1 Å². The summed E-state index contributed by atoms with van der Waals surface area (Å²) in [5.41, 5.74) is 6.08. The molecule has 0 bridgehead atoms. The number of carboxylic acid groups (broad SMARTS) is 1. The first-order valence-electron chi connectivity index (χ1n) is 9.56.